The number of hydrogen-bond donors (Lipinski definition) is 5. The first kappa shape index (κ1) is 23.2. The molecule has 26 heavy (non-hydrogen) atoms. The number of aliphatic hydroxyl groups is 3. The molecular formula is C18H22O8. The van der Waals surface area contributed by atoms with Crippen molar-refractivity contribution in [1.82, 2.24) is 0 Å². The Hall–Kier alpha value is -2.78. The fourth-order valence-electron chi connectivity index (χ4n) is 1.41. The van der Waals surface area contributed by atoms with E-state index < -0.39 is 18.2 Å². The molecule has 0 heterocycles. The smallest absolute Gasteiger partial charge is 0.335 e. The maximum Gasteiger partial charge on any atom is 0.335 e. The first-order chi connectivity index (χ1) is 12.4. The van der Waals surface area contributed by atoms with Gasteiger partial charge in [0.25, 0.3) is 0 Å². The number of carboxylic acid groups (broad SMARTS) is 2. The Labute approximate surface area is 150 Å². The molecular weight excluding hydrogens is 344 g/mol. The Bertz CT molecular complexity index is 564. The molecule has 8 heteroatoms. The molecule has 5 N–H and O–H groups in total. The van der Waals surface area contributed by atoms with Crippen LogP contribution in [0.25, 0.3) is 0 Å². The predicted octanol–water partition coefficient (Wildman–Crippen LogP) is 1.08. The zero-order valence-corrected chi connectivity index (χ0v) is 13.9. The van der Waals surface area contributed by atoms with Crippen LogP contribution in [0.15, 0.2) is 60.7 Å². The minimum Gasteiger partial charge on any atom is -0.478 e. The number of benzene rings is 2. The van der Waals surface area contributed by atoms with Gasteiger partial charge in [-0.2, -0.15) is 0 Å². The van der Waals surface area contributed by atoms with Crippen LogP contribution in [-0.4, -0.2) is 63.6 Å². The summed E-state index contributed by atoms with van der Waals surface area (Å²) in [6, 6.07) is 16.6. The van der Waals surface area contributed by atoms with Gasteiger partial charge in [-0.05, 0) is 24.3 Å². The Balaban J connectivity index is 0.000000362. The lowest BCUT2D eigenvalue weighted by Crippen LogP contribution is -2.15. The van der Waals surface area contributed by atoms with E-state index in [2.05, 4.69) is 4.74 Å². The Morgan fingerprint density at radius 1 is 0.808 bits per heavy atom. The second kappa shape index (κ2) is 14.6. The van der Waals surface area contributed by atoms with E-state index >= 15 is 0 Å². The molecule has 0 bridgehead atoms. The molecule has 142 valence electrons. The maximum atomic E-state index is 10.2. The van der Waals surface area contributed by atoms with Crippen LogP contribution in [-0.2, 0) is 4.74 Å². The molecule has 8 nitrogen and oxygen atoms in total. The molecule has 0 amide bonds. The van der Waals surface area contributed by atoms with Crippen molar-refractivity contribution < 1.29 is 39.9 Å². The third-order valence-electron chi connectivity index (χ3n) is 2.54. The highest BCUT2D eigenvalue weighted by Gasteiger charge is 1.97. The minimum absolute atomic E-state index is 0.0906. The molecule has 0 saturated heterocycles. The highest BCUT2D eigenvalue weighted by Crippen LogP contribution is 1.96. The maximum absolute atomic E-state index is 10.2. The summed E-state index contributed by atoms with van der Waals surface area (Å²) < 4.78 is 4.49. The van der Waals surface area contributed by atoms with Crippen LogP contribution < -0.4 is 0 Å². The number of carboxylic acids is 2. The van der Waals surface area contributed by atoms with Crippen LogP contribution in [0, 0.1) is 0 Å². The average molecular weight is 366 g/mol. The summed E-state index contributed by atoms with van der Waals surface area (Å²) in [6.45, 7) is -0.0785. The van der Waals surface area contributed by atoms with E-state index in [0.717, 1.165) is 0 Å². The van der Waals surface area contributed by atoms with E-state index in [4.69, 9.17) is 25.5 Å². The van der Waals surface area contributed by atoms with Crippen LogP contribution in [0.2, 0.25) is 0 Å². The molecule has 0 aliphatic rings. The van der Waals surface area contributed by atoms with Gasteiger partial charge in [0.1, 0.15) is 0 Å². The summed E-state index contributed by atoms with van der Waals surface area (Å²) in [5.41, 5.74) is 0.662. The van der Waals surface area contributed by atoms with E-state index in [1.165, 1.54) is 0 Å². The topological polar surface area (TPSA) is 145 Å². The summed E-state index contributed by atoms with van der Waals surface area (Å²) >= 11 is 0. The predicted molar refractivity (Wildman–Crippen MR) is 92.9 cm³/mol. The molecule has 0 aliphatic carbocycles. The number of aromatic carboxylic acids is 2. The van der Waals surface area contributed by atoms with Crippen molar-refractivity contribution >= 4 is 11.9 Å². The van der Waals surface area contributed by atoms with E-state index in [1.54, 1.807) is 60.7 Å². The number of ether oxygens (including phenoxy) is 1. The molecule has 2 rings (SSSR count). The monoisotopic (exact) mass is 366 g/mol. The van der Waals surface area contributed by atoms with Gasteiger partial charge in [-0.15, -0.1) is 0 Å². The molecule has 0 unspecified atom stereocenters. The van der Waals surface area contributed by atoms with Crippen LogP contribution in [0.1, 0.15) is 20.7 Å². The van der Waals surface area contributed by atoms with Gasteiger partial charge >= 0.3 is 11.9 Å². The summed E-state index contributed by atoms with van der Waals surface area (Å²) in [6.07, 6.45) is -1.43. The first-order valence-electron chi connectivity index (χ1n) is 7.50. The second-order valence-corrected chi connectivity index (χ2v) is 4.62. The Kier molecular flexibility index (Phi) is 13.0. The minimum atomic E-state index is -1.43. The largest absolute Gasteiger partial charge is 0.478 e. The zero-order valence-electron chi connectivity index (χ0n) is 13.9. The van der Waals surface area contributed by atoms with Crippen molar-refractivity contribution in [3.8, 4) is 0 Å². The van der Waals surface area contributed by atoms with Crippen LogP contribution >= 0.6 is 0 Å². The summed E-state index contributed by atoms with van der Waals surface area (Å²) in [4.78, 5) is 20.4. The van der Waals surface area contributed by atoms with Gasteiger partial charge in [-0.1, -0.05) is 36.4 Å². The SMILES string of the molecule is O=C(O)c1ccccc1.O=C(O)c1ccccc1.OCCOCC(O)O. The van der Waals surface area contributed by atoms with Gasteiger partial charge in [-0.3, -0.25) is 0 Å². The molecule has 2 aromatic rings. The van der Waals surface area contributed by atoms with Gasteiger partial charge < -0.3 is 30.3 Å². The van der Waals surface area contributed by atoms with Crippen molar-refractivity contribution in [3.63, 3.8) is 0 Å². The number of carbonyl (C=O) groups is 2. The van der Waals surface area contributed by atoms with Crippen molar-refractivity contribution in [1.29, 1.82) is 0 Å². The third-order valence-corrected chi connectivity index (χ3v) is 2.54. The highest BCUT2D eigenvalue weighted by molar-refractivity contribution is 5.87. The number of hydrogen-bond acceptors (Lipinski definition) is 6. The molecule has 0 spiro atoms. The van der Waals surface area contributed by atoms with Gasteiger partial charge in [0.15, 0.2) is 6.29 Å². The molecule has 0 fully saturated rings. The van der Waals surface area contributed by atoms with E-state index in [9.17, 15) is 9.59 Å². The standard InChI is InChI=1S/2C7H6O2.C4H10O4/c2*8-7(9)6-4-2-1-3-5-6;5-1-2-8-3-4(6)7/h2*1-5H,(H,8,9);4-7H,1-3H2. The van der Waals surface area contributed by atoms with Crippen molar-refractivity contribution in [3.05, 3.63) is 71.8 Å². The average Bonchev–Trinajstić information content (AvgIpc) is 2.64. The molecule has 0 radical (unpaired) electrons. The van der Waals surface area contributed by atoms with Gasteiger partial charge in [0.05, 0.1) is 30.9 Å². The van der Waals surface area contributed by atoms with Gasteiger partial charge in [0, 0.05) is 0 Å². The molecule has 0 aromatic heterocycles. The Morgan fingerprint density at radius 3 is 1.42 bits per heavy atom. The van der Waals surface area contributed by atoms with E-state index in [0.29, 0.717) is 11.1 Å². The second-order valence-electron chi connectivity index (χ2n) is 4.62. The molecule has 0 aliphatic heterocycles. The molecule has 2 aromatic carbocycles. The lowest BCUT2D eigenvalue weighted by atomic mass is 10.2. The van der Waals surface area contributed by atoms with E-state index in [1.807, 2.05) is 0 Å². The molecule has 0 atom stereocenters. The first-order valence-corrected chi connectivity index (χ1v) is 7.50. The van der Waals surface area contributed by atoms with Crippen LogP contribution in [0.4, 0.5) is 0 Å². The summed E-state index contributed by atoms with van der Waals surface area (Å²) in [5, 5.41) is 41.1. The van der Waals surface area contributed by atoms with Crippen molar-refractivity contribution in [2.45, 2.75) is 6.29 Å². The highest BCUT2D eigenvalue weighted by atomic mass is 16.5. The fraction of sp³-hybridized carbons (Fsp3) is 0.222. The normalized spacial score (nSPS) is 9.38. The van der Waals surface area contributed by atoms with Gasteiger partial charge in [0.2, 0.25) is 0 Å². The Morgan fingerprint density at radius 2 is 1.19 bits per heavy atom. The number of rotatable bonds is 6. The summed E-state index contributed by atoms with van der Waals surface area (Å²) in [7, 11) is 0. The number of aliphatic hydroxyl groups excluding tert-OH is 2. The van der Waals surface area contributed by atoms with Crippen LogP contribution in [0.5, 0.6) is 0 Å². The zero-order chi connectivity index (χ0) is 19.8. The molecule has 0 saturated carbocycles. The van der Waals surface area contributed by atoms with Crippen molar-refractivity contribution in [2.24, 2.45) is 0 Å². The quantitative estimate of drug-likeness (QED) is 0.377. The van der Waals surface area contributed by atoms with Crippen LogP contribution in [0.3, 0.4) is 0 Å². The summed E-state index contributed by atoms with van der Waals surface area (Å²) in [5.74, 6) is -1.76. The van der Waals surface area contributed by atoms with Crippen molar-refractivity contribution in [2.75, 3.05) is 19.8 Å². The van der Waals surface area contributed by atoms with Gasteiger partial charge in [-0.25, -0.2) is 9.59 Å². The lowest BCUT2D eigenvalue weighted by Gasteiger charge is -2.01. The fourth-order valence-corrected chi connectivity index (χ4v) is 1.41. The third kappa shape index (κ3) is 12.6. The lowest BCUT2D eigenvalue weighted by molar-refractivity contribution is -0.0977. The van der Waals surface area contributed by atoms with E-state index in [-0.39, 0.29) is 19.8 Å².